The van der Waals surface area contributed by atoms with Crippen molar-refractivity contribution in [3.63, 3.8) is 0 Å². The van der Waals surface area contributed by atoms with E-state index < -0.39 is 81.7 Å². The summed E-state index contributed by atoms with van der Waals surface area (Å²) in [6, 6.07) is 10.3. The van der Waals surface area contributed by atoms with Crippen LogP contribution in [0, 0.1) is 11.8 Å². The standard InChI is InChI=1S/C34H40BN3O11/c1-33(45)18-8-7-10-22(39)24(18)28(40)25-19(33)16-20-27(37(2)3)29(41)26(31(43)34(20,46)30(25)42)32(44)36-17-38-12-14-48-35(38,49-15-13-38)21-9-5-6-11-23(21)47-4/h5-11,19-20,27,39-40,43,45-46H,12-17H2,1-4H3,(H,36,44)/t19-,20+,27-,33+,34+,35?,38?/m1/s1. The molecule has 0 bridgehead atoms. The second kappa shape index (κ2) is 11.1. The number of hydrogen-bond donors (Lipinski definition) is 6. The summed E-state index contributed by atoms with van der Waals surface area (Å²) in [7, 11) is 4.63. The number of para-hydroxylation sites is 1. The van der Waals surface area contributed by atoms with Gasteiger partial charge in [0.15, 0.2) is 11.4 Å². The number of amides is 1. The van der Waals surface area contributed by atoms with E-state index in [1.165, 1.54) is 37.1 Å². The van der Waals surface area contributed by atoms with Crippen LogP contribution >= 0.6 is 0 Å². The molecule has 0 aromatic heterocycles. The van der Waals surface area contributed by atoms with Crippen molar-refractivity contribution in [2.45, 2.75) is 30.6 Å². The van der Waals surface area contributed by atoms with Crippen molar-refractivity contribution in [1.82, 2.24) is 10.2 Å². The monoisotopic (exact) mass is 677 g/mol. The molecule has 14 nitrogen and oxygen atoms in total. The number of methoxy groups -OCH3 is 1. The van der Waals surface area contributed by atoms with Crippen LogP contribution < -0.4 is 15.5 Å². The lowest BCUT2D eigenvalue weighted by molar-refractivity contribution is -0.822. The number of aliphatic hydroxyl groups excluding tert-OH is 2. The molecule has 7 rings (SSSR count). The molecule has 3 aliphatic carbocycles. The molecule has 0 spiro atoms. The number of likely N-dealkylation sites (N-methyl/N-ethyl adjacent to an activating group) is 1. The van der Waals surface area contributed by atoms with Gasteiger partial charge in [0.1, 0.15) is 29.5 Å². The van der Waals surface area contributed by atoms with Crippen LogP contribution in [-0.4, -0.2) is 125 Å². The van der Waals surface area contributed by atoms with Gasteiger partial charge in [-0.1, -0.05) is 30.3 Å². The number of ether oxygens (including phenoxy) is 1. The number of carbonyl (C=O) groups excluding carboxylic acids is 3. The number of benzene rings is 2. The number of rotatable bonds is 6. The van der Waals surface area contributed by atoms with Gasteiger partial charge in [-0.05, 0) is 50.6 Å². The van der Waals surface area contributed by atoms with Crippen LogP contribution in [0.1, 0.15) is 24.5 Å². The van der Waals surface area contributed by atoms with Gasteiger partial charge in [0.05, 0.1) is 56.4 Å². The van der Waals surface area contributed by atoms with Crippen LogP contribution in [0.4, 0.5) is 0 Å². The summed E-state index contributed by atoms with van der Waals surface area (Å²) in [5, 5.41) is 60.5. The molecule has 15 heteroatoms. The van der Waals surface area contributed by atoms with Crippen LogP contribution in [0.5, 0.6) is 11.5 Å². The predicted octanol–water partition coefficient (Wildman–Crippen LogP) is -0.0507. The number of carbonyl (C=O) groups is 3. The average molecular weight is 678 g/mol. The van der Waals surface area contributed by atoms with E-state index in [4.69, 9.17) is 14.0 Å². The second-order valence-electron chi connectivity index (χ2n) is 14.1. The maximum absolute atomic E-state index is 14.4. The summed E-state index contributed by atoms with van der Waals surface area (Å²) in [5.41, 5.74) is -5.17. The Morgan fingerprint density at radius 2 is 1.73 bits per heavy atom. The molecule has 49 heavy (non-hydrogen) atoms. The lowest BCUT2D eigenvalue weighted by atomic mass is 9.54. The minimum Gasteiger partial charge on any atom is -0.508 e. The Kier molecular flexibility index (Phi) is 7.56. The smallest absolute Gasteiger partial charge is 0.507 e. The minimum atomic E-state index is -2.82. The van der Waals surface area contributed by atoms with Gasteiger partial charge in [0.25, 0.3) is 5.91 Å². The third-order valence-corrected chi connectivity index (χ3v) is 11.6. The summed E-state index contributed by atoms with van der Waals surface area (Å²) in [6.07, 6.45) is -0.226. The van der Waals surface area contributed by atoms with Crippen LogP contribution in [0.25, 0.3) is 5.76 Å². The molecule has 0 radical (unpaired) electrons. The van der Waals surface area contributed by atoms with Gasteiger partial charge < -0.3 is 49.3 Å². The van der Waals surface area contributed by atoms with E-state index in [0.717, 1.165) is 0 Å². The Morgan fingerprint density at radius 1 is 1.06 bits per heavy atom. The molecular weight excluding hydrogens is 637 g/mol. The first-order chi connectivity index (χ1) is 23.2. The van der Waals surface area contributed by atoms with Crippen molar-refractivity contribution in [2.75, 3.05) is 54.2 Å². The molecule has 1 amide bonds. The number of phenols is 1. The van der Waals surface area contributed by atoms with Gasteiger partial charge in [-0.25, -0.2) is 0 Å². The summed E-state index contributed by atoms with van der Waals surface area (Å²) in [5.74, 6) is -7.08. The molecule has 5 atom stereocenters. The van der Waals surface area contributed by atoms with Crippen molar-refractivity contribution in [2.24, 2.45) is 11.8 Å². The fourth-order valence-corrected chi connectivity index (χ4v) is 9.13. The zero-order valence-electron chi connectivity index (χ0n) is 27.7. The molecule has 2 aromatic rings. The molecule has 0 unspecified atom stereocenters. The number of aromatic hydroxyl groups is 1. The number of hydrogen-bond acceptors (Lipinski definition) is 12. The number of ketones is 2. The quantitative estimate of drug-likeness (QED) is 0.177. The van der Waals surface area contributed by atoms with Crippen LogP contribution in [0.3, 0.4) is 0 Å². The molecule has 2 aliphatic heterocycles. The highest BCUT2D eigenvalue weighted by Gasteiger charge is 2.67. The molecule has 3 fully saturated rings. The number of phenolic OH excluding ortho intramolecular Hbond substituents is 1. The first kappa shape index (κ1) is 33.3. The highest BCUT2D eigenvalue weighted by Crippen LogP contribution is 2.57. The van der Waals surface area contributed by atoms with Crippen molar-refractivity contribution in [3.8, 4) is 11.5 Å². The van der Waals surface area contributed by atoms with Gasteiger partial charge in [-0.3, -0.25) is 19.3 Å². The van der Waals surface area contributed by atoms with Crippen LogP contribution in [0.2, 0.25) is 0 Å². The number of aliphatic hydroxyl groups is 4. The highest BCUT2D eigenvalue weighted by molar-refractivity contribution is 6.76. The lowest BCUT2D eigenvalue weighted by Crippen LogP contribution is -2.72. The zero-order valence-corrected chi connectivity index (χ0v) is 27.7. The molecule has 2 saturated heterocycles. The average Bonchev–Trinajstić information content (AvgIpc) is 3.60. The van der Waals surface area contributed by atoms with Gasteiger partial charge in [-0.15, -0.1) is 0 Å². The topological polar surface area (TPSA) is 195 Å². The number of fused-ring (bicyclic) bond motifs is 4. The normalized spacial score (nSPS) is 35.2. The van der Waals surface area contributed by atoms with Gasteiger partial charge in [0, 0.05) is 17.4 Å². The van der Waals surface area contributed by atoms with E-state index in [-0.39, 0.29) is 28.6 Å². The molecular formula is C34H40BN3O11. The van der Waals surface area contributed by atoms with E-state index in [1.807, 2.05) is 18.2 Å². The third-order valence-electron chi connectivity index (χ3n) is 11.6. The van der Waals surface area contributed by atoms with E-state index in [0.29, 0.717) is 37.5 Å². The summed E-state index contributed by atoms with van der Waals surface area (Å²) in [4.78, 5) is 44.1. The van der Waals surface area contributed by atoms with Crippen molar-refractivity contribution < 1.29 is 58.4 Å². The van der Waals surface area contributed by atoms with Crippen molar-refractivity contribution in [1.29, 1.82) is 0 Å². The number of quaternary nitrogens is 1. The minimum absolute atomic E-state index is 0.0731. The van der Waals surface area contributed by atoms with E-state index in [9.17, 15) is 39.9 Å². The molecule has 2 aromatic carbocycles. The number of nitrogens with zero attached hydrogens (tertiary/aromatic N) is 2. The van der Waals surface area contributed by atoms with Crippen molar-refractivity contribution in [3.05, 3.63) is 70.5 Å². The fourth-order valence-electron chi connectivity index (χ4n) is 9.13. The first-order valence-corrected chi connectivity index (χ1v) is 16.3. The SMILES string of the molecule is COc1ccccc1[B-]12OCC[N+]1(CNC(=O)C1=C(O)[C@@]3(O)C(=O)C4=C(O)c5c(O)cccc5[C@](C)(O)[C@@H]4C[C@H]3[C@@H](N(C)C)C1=O)CCO2. The van der Waals surface area contributed by atoms with Crippen LogP contribution in [-0.2, 0) is 29.3 Å². The maximum atomic E-state index is 14.4. The molecule has 2 heterocycles. The Morgan fingerprint density at radius 3 is 2.39 bits per heavy atom. The maximum Gasteiger partial charge on any atom is 0.507 e. The molecule has 6 N–H and O–H groups in total. The molecule has 5 aliphatic rings. The van der Waals surface area contributed by atoms with Crippen molar-refractivity contribution >= 4 is 35.4 Å². The Bertz CT molecular complexity index is 1850. The van der Waals surface area contributed by atoms with Gasteiger partial charge >= 0.3 is 6.69 Å². The predicted molar refractivity (Wildman–Crippen MR) is 174 cm³/mol. The number of nitrogens with one attached hydrogen (secondary N) is 1. The Hall–Kier alpha value is -4.25. The first-order valence-electron chi connectivity index (χ1n) is 16.3. The van der Waals surface area contributed by atoms with Gasteiger partial charge in [0.2, 0.25) is 5.78 Å². The Labute approximate surface area is 282 Å². The summed E-state index contributed by atoms with van der Waals surface area (Å²) in [6.45, 7) is 0.730. The van der Waals surface area contributed by atoms with E-state index in [2.05, 4.69) is 5.32 Å². The highest BCUT2D eigenvalue weighted by atomic mass is 16.6. The van der Waals surface area contributed by atoms with E-state index in [1.54, 1.807) is 20.2 Å². The number of Topliss-reactive ketones (excluding diaryl/α,β-unsaturated/α-hetero) is 2. The van der Waals surface area contributed by atoms with E-state index >= 15 is 0 Å². The molecule has 1 saturated carbocycles. The van der Waals surface area contributed by atoms with Gasteiger partial charge in [-0.2, -0.15) is 0 Å². The fraction of sp³-hybridized carbons (Fsp3) is 0.441. The molecule has 260 valence electrons. The third kappa shape index (κ3) is 4.26. The lowest BCUT2D eigenvalue weighted by Gasteiger charge is -2.53. The summed E-state index contributed by atoms with van der Waals surface area (Å²) < 4.78 is 18.3. The Balaban J connectivity index is 1.29. The largest absolute Gasteiger partial charge is 0.508 e. The second-order valence-corrected chi connectivity index (χ2v) is 14.1. The van der Waals surface area contributed by atoms with Crippen LogP contribution in [0.15, 0.2) is 59.4 Å². The summed E-state index contributed by atoms with van der Waals surface area (Å²) >= 11 is 0. The zero-order chi connectivity index (χ0) is 35.3.